The highest BCUT2D eigenvalue weighted by molar-refractivity contribution is 5.98. The van der Waals surface area contributed by atoms with Crippen LogP contribution in [0.3, 0.4) is 0 Å². The first kappa shape index (κ1) is 16.8. The molecule has 0 saturated carbocycles. The normalized spacial score (nSPS) is 14.8. The molecule has 0 bridgehead atoms. The van der Waals surface area contributed by atoms with Gasteiger partial charge in [0.15, 0.2) is 0 Å². The van der Waals surface area contributed by atoms with Gasteiger partial charge < -0.3 is 15.0 Å². The fraction of sp³-hybridized carbons (Fsp3) is 0.450. The lowest BCUT2D eigenvalue weighted by Crippen LogP contribution is -2.18. The highest BCUT2D eigenvalue weighted by Gasteiger charge is 2.20. The molecule has 4 heteroatoms. The number of fused-ring (bicyclic) bond motifs is 1. The van der Waals surface area contributed by atoms with E-state index >= 15 is 0 Å². The van der Waals surface area contributed by atoms with Crippen LogP contribution in [0.25, 0.3) is 10.9 Å². The number of aromatic nitrogens is 1. The molecule has 24 heavy (non-hydrogen) atoms. The number of carbonyl (C=O) groups is 1. The molecule has 0 fully saturated rings. The zero-order valence-corrected chi connectivity index (χ0v) is 14.3. The zero-order valence-electron chi connectivity index (χ0n) is 14.3. The third-order valence-corrected chi connectivity index (χ3v) is 4.90. The maximum absolute atomic E-state index is 11.8. The summed E-state index contributed by atoms with van der Waals surface area (Å²) in [6.45, 7) is 4.15. The lowest BCUT2D eigenvalue weighted by Gasteiger charge is -2.13. The van der Waals surface area contributed by atoms with Gasteiger partial charge in [0.05, 0.1) is 0 Å². The summed E-state index contributed by atoms with van der Waals surface area (Å²) in [5, 5.41) is 14.2. The molecule has 0 amide bonds. The van der Waals surface area contributed by atoms with E-state index in [0.717, 1.165) is 29.4 Å². The monoisotopic (exact) mass is 326 g/mol. The number of nitrogens with one attached hydrogen (secondary N) is 1. The molecule has 0 spiro atoms. The Morgan fingerprint density at radius 3 is 2.83 bits per heavy atom. The number of hydrogen-bond acceptors (Lipinski definition) is 2. The quantitative estimate of drug-likeness (QED) is 0.588. The number of para-hydroxylation sites is 1. The van der Waals surface area contributed by atoms with Gasteiger partial charge >= 0.3 is 5.97 Å². The smallest absolute Gasteiger partial charge is 0.352 e. The molecule has 0 aliphatic heterocycles. The molecule has 4 nitrogen and oxygen atoms in total. The predicted molar refractivity (Wildman–Crippen MR) is 97.4 cm³/mol. The summed E-state index contributed by atoms with van der Waals surface area (Å²) in [6.07, 6.45) is 8.49. The second-order valence-electron chi connectivity index (χ2n) is 6.43. The number of aromatic carboxylic acids is 1. The Bertz CT molecular complexity index is 758. The van der Waals surface area contributed by atoms with Crippen LogP contribution in [-0.2, 0) is 13.1 Å². The van der Waals surface area contributed by atoms with E-state index in [0.29, 0.717) is 18.8 Å². The molecule has 0 unspecified atom stereocenters. The number of rotatable bonds is 7. The van der Waals surface area contributed by atoms with Crippen molar-refractivity contribution in [3.63, 3.8) is 0 Å². The number of hydrogen-bond donors (Lipinski definition) is 2. The second kappa shape index (κ2) is 7.67. The van der Waals surface area contributed by atoms with E-state index in [1.54, 1.807) is 5.57 Å². The Balaban J connectivity index is 1.77. The molecule has 3 rings (SSSR count). The highest BCUT2D eigenvalue weighted by Crippen LogP contribution is 2.26. The lowest BCUT2D eigenvalue weighted by atomic mass is 9.97. The van der Waals surface area contributed by atoms with E-state index in [-0.39, 0.29) is 0 Å². The topological polar surface area (TPSA) is 54.3 Å². The van der Waals surface area contributed by atoms with E-state index in [9.17, 15) is 9.90 Å². The molecule has 2 N–H and O–H groups in total. The van der Waals surface area contributed by atoms with E-state index in [1.807, 2.05) is 35.8 Å². The number of carboxylic acid groups (broad SMARTS) is 1. The largest absolute Gasteiger partial charge is 0.477 e. The first-order valence-electron chi connectivity index (χ1n) is 8.94. The molecule has 1 aromatic carbocycles. The predicted octanol–water partition coefficient (Wildman–Crippen LogP) is 4.34. The van der Waals surface area contributed by atoms with E-state index in [2.05, 4.69) is 11.4 Å². The van der Waals surface area contributed by atoms with Crippen LogP contribution in [0, 0.1) is 0 Å². The Labute approximate surface area is 143 Å². The number of aryl methyl sites for hydroxylation is 1. The molecule has 1 aliphatic carbocycles. The Morgan fingerprint density at radius 2 is 2.12 bits per heavy atom. The summed E-state index contributed by atoms with van der Waals surface area (Å²) < 4.78 is 1.90. The van der Waals surface area contributed by atoms with Crippen molar-refractivity contribution in [2.45, 2.75) is 52.1 Å². The van der Waals surface area contributed by atoms with Crippen molar-refractivity contribution in [2.24, 2.45) is 0 Å². The zero-order chi connectivity index (χ0) is 16.9. The summed E-state index contributed by atoms with van der Waals surface area (Å²) in [7, 11) is 0. The van der Waals surface area contributed by atoms with E-state index in [1.165, 1.54) is 25.7 Å². The van der Waals surface area contributed by atoms with Crippen LogP contribution >= 0.6 is 0 Å². The average Bonchev–Trinajstić information content (AvgIpc) is 2.93. The van der Waals surface area contributed by atoms with Crippen molar-refractivity contribution in [3.05, 3.63) is 47.2 Å². The minimum atomic E-state index is -0.847. The summed E-state index contributed by atoms with van der Waals surface area (Å²) >= 11 is 0. The Kier molecular flexibility index (Phi) is 5.36. The fourth-order valence-electron chi connectivity index (χ4n) is 3.72. The van der Waals surface area contributed by atoms with Crippen LogP contribution in [0.15, 0.2) is 35.9 Å². The maximum atomic E-state index is 11.8. The molecule has 0 radical (unpaired) electrons. The third kappa shape index (κ3) is 3.39. The number of nitrogens with zero attached hydrogens (tertiary/aromatic N) is 1. The highest BCUT2D eigenvalue weighted by atomic mass is 16.4. The standard InChI is InChI=1S/C20H26N2O2/c1-2-22-18-11-7-6-10-16(18)17(19(22)20(23)24)14-21-13-12-15-8-4-3-5-9-15/h6-8,10-11,21H,2-5,9,12-14H2,1H3,(H,23,24). The van der Waals surface area contributed by atoms with Crippen LogP contribution in [0.4, 0.5) is 0 Å². The van der Waals surface area contributed by atoms with Gasteiger partial charge in [-0.3, -0.25) is 0 Å². The Morgan fingerprint density at radius 1 is 1.29 bits per heavy atom. The van der Waals surface area contributed by atoms with Gasteiger partial charge in [-0.15, -0.1) is 0 Å². The first-order valence-corrected chi connectivity index (χ1v) is 8.94. The van der Waals surface area contributed by atoms with Crippen molar-refractivity contribution in [1.29, 1.82) is 0 Å². The van der Waals surface area contributed by atoms with Crippen molar-refractivity contribution in [1.82, 2.24) is 9.88 Å². The molecule has 1 aliphatic rings. The van der Waals surface area contributed by atoms with Gasteiger partial charge in [0.25, 0.3) is 0 Å². The molecular weight excluding hydrogens is 300 g/mol. The van der Waals surface area contributed by atoms with Gasteiger partial charge in [-0.1, -0.05) is 29.8 Å². The van der Waals surface area contributed by atoms with Crippen molar-refractivity contribution in [3.8, 4) is 0 Å². The summed E-state index contributed by atoms with van der Waals surface area (Å²) in [4.78, 5) is 11.8. The van der Waals surface area contributed by atoms with Gasteiger partial charge in [-0.05, 0) is 51.6 Å². The summed E-state index contributed by atoms with van der Waals surface area (Å²) in [6, 6.07) is 7.97. The molecule has 2 aromatic rings. The SMILES string of the molecule is CCn1c(C(=O)O)c(CNCCC2=CCCCC2)c2ccccc21. The fourth-order valence-corrected chi connectivity index (χ4v) is 3.72. The van der Waals surface area contributed by atoms with Crippen molar-refractivity contribution in [2.75, 3.05) is 6.54 Å². The number of allylic oxidation sites excluding steroid dienone is 1. The van der Waals surface area contributed by atoms with Crippen molar-refractivity contribution < 1.29 is 9.90 Å². The Hall–Kier alpha value is -2.07. The number of benzene rings is 1. The van der Waals surface area contributed by atoms with Crippen LogP contribution in [0.2, 0.25) is 0 Å². The number of carboxylic acids is 1. The maximum Gasteiger partial charge on any atom is 0.352 e. The lowest BCUT2D eigenvalue weighted by molar-refractivity contribution is 0.0684. The van der Waals surface area contributed by atoms with E-state index in [4.69, 9.17) is 0 Å². The second-order valence-corrected chi connectivity index (χ2v) is 6.43. The van der Waals surface area contributed by atoms with Crippen LogP contribution in [-0.4, -0.2) is 22.2 Å². The molecule has 1 aromatic heterocycles. The minimum absolute atomic E-state index is 0.420. The first-order chi connectivity index (χ1) is 11.7. The third-order valence-electron chi connectivity index (χ3n) is 4.90. The van der Waals surface area contributed by atoms with Gasteiger partial charge in [-0.2, -0.15) is 0 Å². The minimum Gasteiger partial charge on any atom is -0.477 e. The van der Waals surface area contributed by atoms with Gasteiger partial charge in [0.2, 0.25) is 0 Å². The molecule has 1 heterocycles. The molecular formula is C20H26N2O2. The summed E-state index contributed by atoms with van der Waals surface area (Å²) in [5.74, 6) is -0.847. The van der Waals surface area contributed by atoms with Crippen molar-refractivity contribution >= 4 is 16.9 Å². The average molecular weight is 326 g/mol. The van der Waals surface area contributed by atoms with Gasteiger partial charge in [-0.25, -0.2) is 4.79 Å². The molecule has 0 saturated heterocycles. The van der Waals surface area contributed by atoms with E-state index < -0.39 is 5.97 Å². The van der Waals surface area contributed by atoms with Gasteiger partial charge in [0, 0.05) is 29.6 Å². The molecule has 128 valence electrons. The molecule has 0 atom stereocenters. The van der Waals surface area contributed by atoms with Crippen LogP contribution < -0.4 is 5.32 Å². The summed E-state index contributed by atoms with van der Waals surface area (Å²) in [5.41, 5.74) is 3.87. The van der Waals surface area contributed by atoms with Gasteiger partial charge in [0.1, 0.15) is 5.69 Å². The van der Waals surface area contributed by atoms with Crippen LogP contribution in [0.1, 0.15) is 55.1 Å². The van der Waals surface area contributed by atoms with Crippen LogP contribution in [0.5, 0.6) is 0 Å².